The molecule has 3 aliphatic heterocycles. The number of benzene rings is 1. The van der Waals surface area contributed by atoms with Crippen LogP contribution in [0.15, 0.2) is 58.6 Å². The van der Waals surface area contributed by atoms with E-state index >= 15 is 0 Å². The Morgan fingerprint density at radius 3 is 2.25 bits per heavy atom. The Labute approximate surface area is 188 Å². The summed E-state index contributed by atoms with van der Waals surface area (Å²) >= 11 is 0. The van der Waals surface area contributed by atoms with Crippen molar-refractivity contribution < 1.29 is 9.59 Å². The van der Waals surface area contributed by atoms with E-state index in [1.807, 2.05) is 46.2 Å². The Kier molecular flexibility index (Phi) is 5.88. The molecule has 1 unspecified atom stereocenters. The quantitative estimate of drug-likeness (QED) is 0.722. The van der Waals surface area contributed by atoms with Gasteiger partial charge in [-0.15, -0.1) is 0 Å². The summed E-state index contributed by atoms with van der Waals surface area (Å²) in [6, 6.07) is 8.06. The van der Waals surface area contributed by atoms with Crippen LogP contribution in [0.25, 0.3) is 0 Å². The first-order valence-electron chi connectivity index (χ1n) is 11.6. The molecule has 0 saturated carbocycles. The van der Waals surface area contributed by atoms with Crippen molar-refractivity contribution in [2.24, 2.45) is 15.9 Å². The molecule has 0 spiro atoms. The molecule has 7 nitrogen and oxygen atoms in total. The molecule has 3 heterocycles. The fourth-order valence-corrected chi connectivity index (χ4v) is 4.73. The number of fused-ring (bicyclic) bond motifs is 1. The van der Waals surface area contributed by atoms with Crippen LogP contribution >= 0.6 is 0 Å². The number of nitrogens with zero attached hydrogens (tertiary/aromatic N) is 5. The topological polar surface area (TPSA) is 68.6 Å². The van der Waals surface area contributed by atoms with Gasteiger partial charge in [-0.05, 0) is 43.2 Å². The predicted octanol–water partition coefficient (Wildman–Crippen LogP) is 2.90. The lowest BCUT2D eigenvalue weighted by Crippen LogP contribution is -2.51. The molecule has 0 radical (unpaired) electrons. The summed E-state index contributed by atoms with van der Waals surface area (Å²) in [5.41, 5.74) is 2.67. The van der Waals surface area contributed by atoms with Gasteiger partial charge >= 0.3 is 0 Å². The molecule has 2 saturated heterocycles. The van der Waals surface area contributed by atoms with Crippen molar-refractivity contribution in [1.82, 2.24) is 9.80 Å². The Morgan fingerprint density at radius 2 is 1.53 bits per heavy atom. The fourth-order valence-electron chi connectivity index (χ4n) is 4.73. The maximum atomic E-state index is 13.0. The molecule has 0 bridgehead atoms. The summed E-state index contributed by atoms with van der Waals surface area (Å²) in [5.74, 6) is -0.00642. The first kappa shape index (κ1) is 20.7. The molecular weight excluding hydrogens is 402 g/mol. The number of hydrogen-bond acceptors (Lipinski definition) is 5. The molecule has 2 fully saturated rings. The van der Waals surface area contributed by atoms with E-state index in [0.29, 0.717) is 32.1 Å². The van der Waals surface area contributed by atoms with Gasteiger partial charge in [0.25, 0.3) is 11.8 Å². The number of amides is 2. The number of allylic oxidation sites excluding steroid dienone is 3. The van der Waals surface area contributed by atoms with Gasteiger partial charge in [0.2, 0.25) is 5.96 Å². The highest BCUT2D eigenvalue weighted by Gasteiger charge is 2.30. The second-order valence-corrected chi connectivity index (χ2v) is 8.74. The molecule has 7 heteroatoms. The Balaban J connectivity index is 1.19. The summed E-state index contributed by atoms with van der Waals surface area (Å²) < 4.78 is 0. The predicted molar refractivity (Wildman–Crippen MR) is 126 cm³/mol. The lowest BCUT2D eigenvalue weighted by atomic mass is 9.97. The van der Waals surface area contributed by atoms with Crippen molar-refractivity contribution in [3.05, 3.63) is 54.1 Å². The standard InChI is InChI=1S/C25H29N5O2/c31-23-21-7-3-4-8-22(21)26-25(27-23)30-17-15-29(16-18-30)24(32)19-9-11-20(12-10-19)28-13-5-1-2-6-14-28/h3-4,7-12,21H,1-2,5-6,13-18H2. The van der Waals surface area contributed by atoms with Gasteiger partial charge in [0.1, 0.15) is 5.92 Å². The molecule has 1 atom stereocenters. The summed E-state index contributed by atoms with van der Waals surface area (Å²) in [7, 11) is 0. The smallest absolute Gasteiger partial charge is 0.261 e. The normalized spacial score (nSPS) is 23.4. The van der Waals surface area contributed by atoms with Crippen LogP contribution in [0.1, 0.15) is 36.0 Å². The molecule has 1 aromatic rings. The first-order chi connectivity index (χ1) is 15.7. The molecule has 0 N–H and O–H groups in total. The van der Waals surface area contributed by atoms with Crippen molar-refractivity contribution in [3.63, 3.8) is 0 Å². The Bertz CT molecular complexity index is 992. The number of hydrogen-bond donors (Lipinski definition) is 0. The number of guanidine groups is 1. The van der Waals surface area contributed by atoms with Gasteiger partial charge in [-0.25, -0.2) is 4.99 Å². The third kappa shape index (κ3) is 4.24. The summed E-state index contributed by atoms with van der Waals surface area (Å²) in [4.78, 5) is 40.5. The van der Waals surface area contributed by atoms with Gasteiger partial charge in [0.05, 0.1) is 5.71 Å². The zero-order valence-corrected chi connectivity index (χ0v) is 18.3. The lowest BCUT2D eigenvalue weighted by molar-refractivity contribution is -0.118. The zero-order valence-electron chi connectivity index (χ0n) is 18.3. The SMILES string of the molecule is O=C1N=C(N2CCN(C(=O)c3ccc(N4CCCCCC4)cc3)CC2)N=C2C=CC=CC12. The van der Waals surface area contributed by atoms with Gasteiger partial charge in [0.15, 0.2) is 0 Å². The highest BCUT2D eigenvalue weighted by Crippen LogP contribution is 2.22. The van der Waals surface area contributed by atoms with Gasteiger partial charge in [-0.2, -0.15) is 4.99 Å². The average molecular weight is 432 g/mol. The highest BCUT2D eigenvalue weighted by molar-refractivity contribution is 6.21. The number of aliphatic imine (C=N–C) groups is 2. The van der Waals surface area contributed by atoms with E-state index in [4.69, 9.17) is 0 Å². The van der Waals surface area contributed by atoms with E-state index in [2.05, 4.69) is 27.0 Å². The van der Waals surface area contributed by atoms with Crippen molar-refractivity contribution in [3.8, 4) is 0 Å². The van der Waals surface area contributed by atoms with E-state index in [1.54, 1.807) is 0 Å². The molecule has 2 amide bonds. The second kappa shape index (κ2) is 9.10. The largest absolute Gasteiger partial charge is 0.372 e. The summed E-state index contributed by atoms with van der Waals surface area (Å²) in [6.45, 7) is 4.60. The fraction of sp³-hybridized carbons (Fsp3) is 0.440. The molecule has 166 valence electrons. The maximum Gasteiger partial charge on any atom is 0.261 e. The van der Waals surface area contributed by atoms with Gasteiger partial charge in [0, 0.05) is 50.5 Å². The lowest BCUT2D eigenvalue weighted by Gasteiger charge is -2.36. The minimum atomic E-state index is -0.357. The van der Waals surface area contributed by atoms with Crippen LogP contribution in [-0.4, -0.2) is 72.6 Å². The van der Waals surface area contributed by atoms with Crippen molar-refractivity contribution >= 4 is 29.2 Å². The van der Waals surface area contributed by atoms with Crippen LogP contribution < -0.4 is 4.90 Å². The number of piperazine rings is 1. The maximum absolute atomic E-state index is 13.0. The van der Waals surface area contributed by atoms with E-state index in [9.17, 15) is 9.59 Å². The van der Waals surface area contributed by atoms with E-state index in [1.165, 1.54) is 31.4 Å². The van der Waals surface area contributed by atoms with E-state index in [0.717, 1.165) is 24.4 Å². The number of carbonyl (C=O) groups excluding carboxylic acids is 2. The van der Waals surface area contributed by atoms with Crippen LogP contribution in [0.4, 0.5) is 5.69 Å². The molecule has 1 aromatic carbocycles. The van der Waals surface area contributed by atoms with Crippen LogP contribution in [0.2, 0.25) is 0 Å². The monoisotopic (exact) mass is 431 g/mol. The highest BCUT2D eigenvalue weighted by atomic mass is 16.2. The van der Waals surface area contributed by atoms with Gasteiger partial charge in [-0.1, -0.05) is 31.1 Å². The van der Waals surface area contributed by atoms with Gasteiger partial charge in [-0.3, -0.25) is 9.59 Å². The number of anilines is 1. The molecule has 4 aliphatic rings. The Hall–Kier alpha value is -3.22. The molecule has 5 rings (SSSR count). The minimum absolute atomic E-state index is 0.0560. The average Bonchev–Trinajstić information content (AvgIpc) is 3.14. The zero-order chi connectivity index (χ0) is 21.9. The third-order valence-electron chi connectivity index (χ3n) is 6.64. The van der Waals surface area contributed by atoms with Crippen LogP contribution in [-0.2, 0) is 4.79 Å². The molecular formula is C25H29N5O2. The van der Waals surface area contributed by atoms with Crippen LogP contribution in [0.5, 0.6) is 0 Å². The van der Waals surface area contributed by atoms with Crippen molar-refractivity contribution in [2.75, 3.05) is 44.2 Å². The van der Waals surface area contributed by atoms with Crippen LogP contribution in [0.3, 0.4) is 0 Å². The van der Waals surface area contributed by atoms with E-state index < -0.39 is 0 Å². The van der Waals surface area contributed by atoms with Crippen LogP contribution in [0, 0.1) is 5.92 Å². The van der Waals surface area contributed by atoms with Crippen molar-refractivity contribution in [2.45, 2.75) is 25.7 Å². The molecule has 1 aliphatic carbocycles. The first-order valence-corrected chi connectivity index (χ1v) is 11.6. The second-order valence-electron chi connectivity index (χ2n) is 8.74. The Morgan fingerprint density at radius 1 is 0.812 bits per heavy atom. The number of carbonyl (C=O) groups is 2. The molecule has 32 heavy (non-hydrogen) atoms. The van der Waals surface area contributed by atoms with Gasteiger partial charge < -0.3 is 14.7 Å². The number of rotatable bonds is 2. The molecule has 0 aromatic heterocycles. The van der Waals surface area contributed by atoms with Crippen molar-refractivity contribution in [1.29, 1.82) is 0 Å². The van der Waals surface area contributed by atoms with E-state index in [-0.39, 0.29) is 17.7 Å². The summed E-state index contributed by atoms with van der Waals surface area (Å²) in [5, 5.41) is 0. The summed E-state index contributed by atoms with van der Waals surface area (Å²) in [6.07, 6.45) is 12.5. The third-order valence-corrected chi connectivity index (χ3v) is 6.64. The minimum Gasteiger partial charge on any atom is -0.372 e.